The van der Waals surface area contributed by atoms with Crippen molar-refractivity contribution < 1.29 is 18.0 Å². The van der Waals surface area contributed by atoms with Gasteiger partial charge in [-0.1, -0.05) is 12.1 Å². The Kier molecular flexibility index (Phi) is 4.56. The van der Waals surface area contributed by atoms with Crippen LogP contribution in [-0.2, 0) is 6.18 Å². The first-order valence-electron chi connectivity index (χ1n) is 7.77. The number of aromatic amines is 1. The number of nitrogens with one attached hydrogen (secondary N) is 2. The van der Waals surface area contributed by atoms with E-state index in [1.165, 1.54) is 29.1 Å². The number of benzene rings is 1. The molecule has 27 heavy (non-hydrogen) atoms. The summed E-state index contributed by atoms with van der Waals surface area (Å²) >= 11 is 0. The zero-order valence-electron chi connectivity index (χ0n) is 14.3. The molecule has 0 atom stereocenters. The standard InChI is InChI=1S/C17H14F3N5O2/c1-9-10(2)22-16(23-13(9)26)25-8-7-21-15(25)24-14(27)11-5-3-4-6-12(11)17(18,19)20/h3-8H,1-2H3,(H,21,24,27)(H,22,23,26). The summed E-state index contributed by atoms with van der Waals surface area (Å²) in [5.74, 6) is -0.982. The molecule has 2 aromatic heterocycles. The zero-order valence-corrected chi connectivity index (χ0v) is 14.3. The maximum absolute atomic E-state index is 13.1. The number of anilines is 1. The van der Waals surface area contributed by atoms with Gasteiger partial charge in [0, 0.05) is 23.7 Å². The van der Waals surface area contributed by atoms with E-state index < -0.39 is 23.2 Å². The molecule has 0 unspecified atom stereocenters. The number of aromatic nitrogens is 4. The average Bonchev–Trinajstić information content (AvgIpc) is 3.06. The van der Waals surface area contributed by atoms with Crippen LogP contribution in [0.4, 0.5) is 19.1 Å². The van der Waals surface area contributed by atoms with E-state index in [1.54, 1.807) is 13.8 Å². The fourth-order valence-corrected chi connectivity index (χ4v) is 2.41. The van der Waals surface area contributed by atoms with Crippen LogP contribution in [0.2, 0.25) is 0 Å². The molecule has 1 amide bonds. The van der Waals surface area contributed by atoms with Crippen molar-refractivity contribution in [3.63, 3.8) is 0 Å². The summed E-state index contributed by atoms with van der Waals surface area (Å²) in [6, 6.07) is 4.43. The van der Waals surface area contributed by atoms with E-state index in [0.29, 0.717) is 11.3 Å². The smallest absolute Gasteiger partial charge is 0.292 e. The second-order valence-corrected chi connectivity index (χ2v) is 5.72. The van der Waals surface area contributed by atoms with Crippen LogP contribution in [0.25, 0.3) is 5.95 Å². The Labute approximate surface area is 150 Å². The normalized spacial score (nSPS) is 11.4. The zero-order chi connectivity index (χ0) is 19.8. The quantitative estimate of drug-likeness (QED) is 0.734. The Balaban J connectivity index is 1.97. The Hall–Kier alpha value is -3.43. The van der Waals surface area contributed by atoms with Crippen LogP contribution < -0.4 is 10.9 Å². The van der Waals surface area contributed by atoms with Gasteiger partial charge in [0.25, 0.3) is 11.5 Å². The molecule has 3 rings (SSSR count). The summed E-state index contributed by atoms with van der Waals surface area (Å²) in [6.07, 6.45) is -1.94. The molecular weight excluding hydrogens is 363 g/mol. The topological polar surface area (TPSA) is 92.7 Å². The van der Waals surface area contributed by atoms with Gasteiger partial charge in [-0.2, -0.15) is 13.2 Å². The lowest BCUT2D eigenvalue weighted by Gasteiger charge is -2.13. The molecule has 0 saturated carbocycles. The van der Waals surface area contributed by atoms with E-state index in [1.807, 2.05) is 0 Å². The van der Waals surface area contributed by atoms with Crippen molar-refractivity contribution in [2.75, 3.05) is 5.32 Å². The molecule has 10 heteroatoms. The van der Waals surface area contributed by atoms with E-state index in [2.05, 4.69) is 20.3 Å². The van der Waals surface area contributed by atoms with E-state index >= 15 is 0 Å². The first-order valence-corrected chi connectivity index (χ1v) is 7.77. The number of hydrogen-bond acceptors (Lipinski definition) is 4. The first kappa shape index (κ1) is 18.4. The third-order valence-electron chi connectivity index (χ3n) is 3.95. The average molecular weight is 377 g/mol. The summed E-state index contributed by atoms with van der Waals surface area (Å²) in [5, 5.41) is 2.32. The van der Waals surface area contributed by atoms with Gasteiger partial charge in [-0.15, -0.1) is 0 Å². The summed E-state index contributed by atoms with van der Waals surface area (Å²) < 4.78 is 40.6. The van der Waals surface area contributed by atoms with E-state index in [-0.39, 0.29) is 17.5 Å². The molecule has 3 aromatic rings. The lowest BCUT2D eigenvalue weighted by Crippen LogP contribution is -2.22. The number of imidazole rings is 1. The molecule has 2 heterocycles. The molecular formula is C17H14F3N5O2. The lowest BCUT2D eigenvalue weighted by atomic mass is 10.1. The molecule has 0 fully saturated rings. The summed E-state index contributed by atoms with van der Waals surface area (Å²) in [6.45, 7) is 3.25. The van der Waals surface area contributed by atoms with Crippen LogP contribution in [0.1, 0.15) is 27.2 Å². The van der Waals surface area contributed by atoms with Crippen LogP contribution in [0.5, 0.6) is 0 Å². The van der Waals surface area contributed by atoms with Crippen LogP contribution >= 0.6 is 0 Å². The predicted octanol–water partition coefficient (Wildman–Crippen LogP) is 2.84. The highest BCUT2D eigenvalue weighted by Gasteiger charge is 2.35. The second kappa shape index (κ2) is 6.71. The number of amides is 1. The van der Waals surface area contributed by atoms with Gasteiger partial charge in [-0.05, 0) is 26.0 Å². The van der Waals surface area contributed by atoms with Gasteiger partial charge < -0.3 is 0 Å². The Bertz CT molecular complexity index is 1070. The minimum absolute atomic E-state index is 0.0802. The van der Waals surface area contributed by atoms with Crippen molar-refractivity contribution in [2.45, 2.75) is 20.0 Å². The fourth-order valence-electron chi connectivity index (χ4n) is 2.41. The SMILES string of the molecule is Cc1nc(-n2ccnc2NC(=O)c2ccccc2C(F)(F)F)[nH]c(=O)c1C. The molecule has 0 aliphatic heterocycles. The molecule has 0 aliphatic carbocycles. The molecule has 1 aromatic carbocycles. The summed E-state index contributed by atoms with van der Waals surface area (Å²) in [5.41, 5.74) is -1.06. The van der Waals surface area contributed by atoms with E-state index in [4.69, 9.17) is 0 Å². The van der Waals surface area contributed by atoms with Crippen molar-refractivity contribution in [3.05, 3.63) is 69.4 Å². The van der Waals surface area contributed by atoms with E-state index in [0.717, 1.165) is 12.1 Å². The van der Waals surface area contributed by atoms with Crippen molar-refractivity contribution in [1.82, 2.24) is 19.5 Å². The van der Waals surface area contributed by atoms with Gasteiger partial charge in [0.05, 0.1) is 11.1 Å². The Morgan fingerprint density at radius 2 is 1.93 bits per heavy atom. The second-order valence-electron chi connectivity index (χ2n) is 5.72. The van der Waals surface area contributed by atoms with Crippen LogP contribution in [-0.4, -0.2) is 25.4 Å². The predicted molar refractivity (Wildman–Crippen MR) is 90.9 cm³/mol. The molecule has 0 bridgehead atoms. The summed E-state index contributed by atoms with van der Waals surface area (Å²) in [7, 11) is 0. The third-order valence-corrected chi connectivity index (χ3v) is 3.95. The molecule has 140 valence electrons. The number of hydrogen-bond donors (Lipinski definition) is 2. The maximum Gasteiger partial charge on any atom is 0.417 e. The molecule has 0 aliphatic rings. The Morgan fingerprint density at radius 1 is 1.22 bits per heavy atom. The molecule has 0 radical (unpaired) electrons. The highest BCUT2D eigenvalue weighted by atomic mass is 19.4. The van der Waals surface area contributed by atoms with Crippen molar-refractivity contribution in [2.24, 2.45) is 0 Å². The number of carbonyl (C=O) groups excluding carboxylic acids is 1. The number of alkyl halides is 3. The lowest BCUT2D eigenvalue weighted by molar-refractivity contribution is -0.137. The molecule has 7 nitrogen and oxygen atoms in total. The number of H-pyrrole nitrogens is 1. The largest absolute Gasteiger partial charge is 0.417 e. The number of carbonyl (C=O) groups is 1. The van der Waals surface area contributed by atoms with Gasteiger partial charge in [0.15, 0.2) is 0 Å². The minimum atomic E-state index is -4.68. The third kappa shape index (κ3) is 3.59. The molecule has 2 N–H and O–H groups in total. The molecule has 0 saturated heterocycles. The van der Waals surface area contributed by atoms with Gasteiger partial charge in [-0.25, -0.2) is 9.97 Å². The minimum Gasteiger partial charge on any atom is -0.292 e. The van der Waals surface area contributed by atoms with Gasteiger partial charge >= 0.3 is 6.18 Å². The van der Waals surface area contributed by atoms with Crippen molar-refractivity contribution in [3.8, 4) is 5.95 Å². The summed E-state index contributed by atoms with van der Waals surface area (Å²) in [4.78, 5) is 35.0. The van der Waals surface area contributed by atoms with Crippen LogP contribution in [0, 0.1) is 13.8 Å². The first-order chi connectivity index (χ1) is 12.7. The van der Waals surface area contributed by atoms with Gasteiger partial charge in [0.1, 0.15) is 0 Å². The maximum atomic E-state index is 13.1. The number of aryl methyl sites for hydroxylation is 1. The highest BCUT2D eigenvalue weighted by molar-refractivity contribution is 6.04. The highest BCUT2D eigenvalue weighted by Crippen LogP contribution is 2.32. The number of nitrogens with zero attached hydrogens (tertiary/aromatic N) is 3. The molecule has 0 spiro atoms. The van der Waals surface area contributed by atoms with Crippen molar-refractivity contribution in [1.29, 1.82) is 0 Å². The monoisotopic (exact) mass is 377 g/mol. The fraction of sp³-hybridized carbons (Fsp3) is 0.176. The van der Waals surface area contributed by atoms with E-state index in [9.17, 15) is 22.8 Å². The number of halogens is 3. The van der Waals surface area contributed by atoms with Crippen LogP contribution in [0.3, 0.4) is 0 Å². The van der Waals surface area contributed by atoms with Gasteiger partial charge in [-0.3, -0.25) is 24.5 Å². The Morgan fingerprint density at radius 3 is 2.59 bits per heavy atom. The van der Waals surface area contributed by atoms with Crippen LogP contribution in [0.15, 0.2) is 41.5 Å². The van der Waals surface area contributed by atoms with Crippen molar-refractivity contribution >= 4 is 11.9 Å². The number of rotatable bonds is 3. The van der Waals surface area contributed by atoms with Gasteiger partial charge in [0.2, 0.25) is 11.9 Å².